The van der Waals surface area contributed by atoms with Gasteiger partial charge in [0.05, 0.1) is 11.1 Å². The van der Waals surface area contributed by atoms with E-state index in [-0.39, 0.29) is 11.7 Å². The number of rotatable bonds is 5. The van der Waals surface area contributed by atoms with Crippen molar-refractivity contribution in [1.82, 2.24) is 19.5 Å². The topological polar surface area (TPSA) is 94.0 Å². The van der Waals surface area contributed by atoms with E-state index in [1.807, 2.05) is 54.9 Å². The van der Waals surface area contributed by atoms with E-state index in [4.69, 9.17) is 4.74 Å². The molecular weight excluding hydrogens is 495 g/mol. The first-order chi connectivity index (χ1) is 18.8. The van der Waals surface area contributed by atoms with Crippen molar-refractivity contribution in [3.05, 3.63) is 90.2 Å². The fraction of sp³-hybridized carbons (Fsp3) is 0.133. The van der Waals surface area contributed by atoms with Crippen LogP contribution in [0.1, 0.15) is 18.2 Å². The molecule has 5 aromatic rings. The number of benzene rings is 2. The van der Waals surface area contributed by atoms with E-state index in [2.05, 4.69) is 32.2 Å². The molecule has 0 aliphatic carbocycles. The Hall–Kier alpha value is -5.05. The summed E-state index contributed by atoms with van der Waals surface area (Å²) in [7, 11) is 1.92. The summed E-state index contributed by atoms with van der Waals surface area (Å²) in [5, 5.41) is 7.02. The number of carbonyl (C=O) groups is 1. The Kier molecular flexibility index (Phi) is 5.83. The van der Waals surface area contributed by atoms with Gasteiger partial charge in [-0.15, -0.1) is 0 Å². The molecule has 1 amide bonds. The SMILES string of the molecule is C=C(C)C(=O)Nc1ccc(-c2c3c4c(ncnc4n2C)NCc2cc(Oc4cccc(C)n4)c(F)cc2-3)cc1. The predicted molar refractivity (Wildman–Crippen MR) is 149 cm³/mol. The lowest BCUT2D eigenvalue weighted by Crippen LogP contribution is -2.11. The van der Waals surface area contributed by atoms with Gasteiger partial charge in [0.15, 0.2) is 11.6 Å². The fourth-order valence-electron chi connectivity index (χ4n) is 4.86. The first-order valence-corrected chi connectivity index (χ1v) is 12.4. The molecule has 0 radical (unpaired) electrons. The molecule has 0 saturated carbocycles. The van der Waals surface area contributed by atoms with Crippen LogP contribution in [0.5, 0.6) is 11.6 Å². The molecule has 6 rings (SSSR count). The summed E-state index contributed by atoms with van der Waals surface area (Å²) in [4.78, 5) is 25.4. The molecule has 0 fully saturated rings. The first-order valence-electron chi connectivity index (χ1n) is 12.4. The number of nitrogens with zero attached hydrogens (tertiary/aromatic N) is 4. The normalized spacial score (nSPS) is 11.9. The maximum Gasteiger partial charge on any atom is 0.250 e. The van der Waals surface area contributed by atoms with Crippen LogP contribution in [0.25, 0.3) is 33.4 Å². The molecule has 0 atom stereocenters. The molecule has 0 spiro atoms. The number of aryl methyl sites for hydroxylation is 2. The molecule has 3 aromatic heterocycles. The van der Waals surface area contributed by atoms with Gasteiger partial charge in [0, 0.05) is 42.2 Å². The second-order valence-electron chi connectivity index (χ2n) is 9.53. The van der Waals surface area contributed by atoms with Gasteiger partial charge in [-0.2, -0.15) is 0 Å². The maximum absolute atomic E-state index is 15.6. The van der Waals surface area contributed by atoms with Crippen molar-refractivity contribution in [3.63, 3.8) is 0 Å². The Morgan fingerprint density at radius 1 is 1.15 bits per heavy atom. The van der Waals surface area contributed by atoms with E-state index in [1.165, 1.54) is 12.4 Å². The van der Waals surface area contributed by atoms with Crippen LogP contribution in [0.2, 0.25) is 0 Å². The van der Waals surface area contributed by atoms with Gasteiger partial charge in [-0.3, -0.25) is 4.79 Å². The number of ether oxygens (including phenoxy) is 1. The summed E-state index contributed by atoms with van der Waals surface area (Å²) < 4.78 is 23.4. The summed E-state index contributed by atoms with van der Waals surface area (Å²) in [6.07, 6.45) is 1.52. The monoisotopic (exact) mass is 520 g/mol. The minimum atomic E-state index is -0.502. The Bertz CT molecular complexity index is 1790. The van der Waals surface area contributed by atoms with E-state index in [0.29, 0.717) is 29.5 Å². The van der Waals surface area contributed by atoms with Crippen molar-refractivity contribution < 1.29 is 13.9 Å². The quantitative estimate of drug-likeness (QED) is 0.261. The standard InChI is InChI=1S/C30H25FN6O2/c1-16(2)30(38)36-20-10-8-18(9-11-20)27-25-21-13-22(31)23(39-24-7-5-6-17(3)35-24)12-19(21)14-32-28-26(25)29(37(27)4)34-15-33-28/h5-13,15H,1,14H2,2-4H3,(H,36,38)(H,32,33,34). The average molecular weight is 521 g/mol. The Balaban J connectivity index is 1.50. The van der Waals surface area contributed by atoms with E-state index in [9.17, 15) is 4.79 Å². The molecule has 2 aromatic carbocycles. The van der Waals surface area contributed by atoms with Crippen molar-refractivity contribution in [1.29, 1.82) is 0 Å². The van der Waals surface area contributed by atoms with Gasteiger partial charge in [-0.05, 0) is 60.9 Å². The van der Waals surface area contributed by atoms with Gasteiger partial charge in [0.1, 0.15) is 17.8 Å². The number of fused-ring (bicyclic) bond motifs is 2. The lowest BCUT2D eigenvalue weighted by atomic mass is 9.95. The highest BCUT2D eigenvalue weighted by atomic mass is 19.1. The van der Waals surface area contributed by atoms with Gasteiger partial charge in [0.25, 0.3) is 5.91 Å². The molecule has 0 saturated heterocycles. The minimum absolute atomic E-state index is 0.0945. The lowest BCUT2D eigenvalue weighted by Gasteiger charge is -2.15. The average Bonchev–Trinajstić information content (AvgIpc) is 3.12. The summed E-state index contributed by atoms with van der Waals surface area (Å²) in [6.45, 7) is 7.61. The fourth-order valence-corrected chi connectivity index (χ4v) is 4.86. The zero-order valence-electron chi connectivity index (χ0n) is 21.7. The summed E-state index contributed by atoms with van der Waals surface area (Å²) in [5.74, 6) is 0.344. The van der Waals surface area contributed by atoms with E-state index in [0.717, 1.165) is 44.7 Å². The second-order valence-corrected chi connectivity index (χ2v) is 9.53. The van der Waals surface area contributed by atoms with Crippen LogP contribution >= 0.6 is 0 Å². The van der Waals surface area contributed by atoms with E-state index >= 15 is 4.39 Å². The van der Waals surface area contributed by atoms with Crippen LogP contribution < -0.4 is 15.4 Å². The third-order valence-corrected chi connectivity index (χ3v) is 6.72. The minimum Gasteiger partial charge on any atom is -0.436 e. The Labute approximate surface area is 224 Å². The van der Waals surface area contributed by atoms with Gasteiger partial charge >= 0.3 is 0 Å². The number of amides is 1. The molecular formula is C30H25FN6O2. The summed E-state index contributed by atoms with van der Waals surface area (Å²) >= 11 is 0. The van der Waals surface area contributed by atoms with E-state index in [1.54, 1.807) is 19.1 Å². The molecule has 0 unspecified atom stereocenters. The largest absolute Gasteiger partial charge is 0.436 e. The van der Waals surface area contributed by atoms with Crippen LogP contribution in [-0.2, 0) is 18.4 Å². The van der Waals surface area contributed by atoms with Crippen LogP contribution in [-0.4, -0.2) is 25.4 Å². The highest BCUT2D eigenvalue weighted by Crippen LogP contribution is 2.46. The van der Waals surface area contributed by atoms with Gasteiger partial charge in [-0.1, -0.05) is 24.8 Å². The van der Waals surface area contributed by atoms with E-state index < -0.39 is 5.82 Å². The van der Waals surface area contributed by atoms with Gasteiger partial charge in [0.2, 0.25) is 5.88 Å². The molecule has 9 heteroatoms. The number of aromatic nitrogens is 4. The number of anilines is 2. The first kappa shape index (κ1) is 24.3. The molecule has 4 heterocycles. The number of hydrogen-bond acceptors (Lipinski definition) is 6. The molecule has 1 aliphatic heterocycles. The molecule has 0 bridgehead atoms. The smallest absolute Gasteiger partial charge is 0.250 e. The summed E-state index contributed by atoms with van der Waals surface area (Å²) in [5.41, 5.74) is 6.68. The molecule has 1 aliphatic rings. The third-order valence-electron chi connectivity index (χ3n) is 6.72. The molecule has 39 heavy (non-hydrogen) atoms. The van der Waals surface area contributed by atoms with Gasteiger partial charge < -0.3 is 19.9 Å². The molecule has 2 N–H and O–H groups in total. The predicted octanol–water partition coefficient (Wildman–Crippen LogP) is 6.38. The zero-order valence-corrected chi connectivity index (χ0v) is 21.7. The maximum atomic E-state index is 15.6. The Morgan fingerprint density at radius 2 is 1.95 bits per heavy atom. The number of halogens is 1. The van der Waals surface area contributed by atoms with Crippen molar-refractivity contribution in [2.24, 2.45) is 7.05 Å². The van der Waals surface area contributed by atoms with Crippen LogP contribution in [0.3, 0.4) is 0 Å². The van der Waals surface area contributed by atoms with Crippen LogP contribution in [0.15, 0.2) is 73.1 Å². The van der Waals surface area contributed by atoms with Crippen molar-refractivity contribution in [2.45, 2.75) is 20.4 Å². The number of hydrogen-bond donors (Lipinski definition) is 2. The Morgan fingerprint density at radius 3 is 2.69 bits per heavy atom. The lowest BCUT2D eigenvalue weighted by molar-refractivity contribution is -0.112. The highest BCUT2D eigenvalue weighted by molar-refractivity contribution is 6.09. The number of nitrogens with one attached hydrogen (secondary N) is 2. The third kappa shape index (κ3) is 4.27. The van der Waals surface area contributed by atoms with Crippen molar-refractivity contribution in [3.8, 4) is 34.0 Å². The number of pyridine rings is 1. The van der Waals surface area contributed by atoms with Crippen LogP contribution in [0, 0.1) is 12.7 Å². The van der Waals surface area contributed by atoms with Gasteiger partial charge in [-0.25, -0.2) is 19.3 Å². The zero-order chi connectivity index (χ0) is 27.3. The van der Waals surface area contributed by atoms with Crippen LogP contribution in [0.4, 0.5) is 15.9 Å². The highest BCUT2D eigenvalue weighted by Gasteiger charge is 2.28. The van der Waals surface area contributed by atoms with Crippen molar-refractivity contribution in [2.75, 3.05) is 10.6 Å². The summed E-state index contributed by atoms with van der Waals surface area (Å²) in [6, 6.07) is 16.1. The molecule has 194 valence electrons. The second kappa shape index (κ2) is 9.36. The molecule has 8 nitrogen and oxygen atoms in total. The number of carbonyl (C=O) groups excluding carboxylic acids is 1. The van der Waals surface area contributed by atoms with Crippen molar-refractivity contribution >= 4 is 28.4 Å².